The van der Waals surface area contributed by atoms with Gasteiger partial charge < -0.3 is 19.3 Å². The van der Waals surface area contributed by atoms with Crippen LogP contribution < -0.4 is 16.5 Å². The first kappa shape index (κ1) is 21.6. The molecule has 0 amide bonds. The first-order chi connectivity index (χ1) is 17.0. The molecule has 0 spiro atoms. The molecule has 1 aromatic carbocycles. The minimum Gasteiger partial charge on any atom is -0.422 e. The maximum Gasteiger partial charge on any atom is 0.345 e. The van der Waals surface area contributed by atoms with Gasteiger partial charge in [-0.15, -0.1) is 0 Å². The number of aromatic amines is 1. The summed E-state index contributed by atoms with van der Waals surface area (Å²) in [5, 5.41) is 4.40. The lowest BCUT2D eigenvalue weighted by Gasteiger charge is -2.30. The summed E-state index contributed by atoms with van der Waals surface area (Å²) in [6, 6.07) is 7.24. The lowest BCUT2D eigenvalue weighted by atomic mass is 9.90. The Kier molecular flexibility index (Phi) is 5.18. The fraction of sp³-hybridized carbons (Fsp3) is 0.280. The second-order valence-electron chi connectivity index (χ2n) is 8.96. The highest BCUT2D eigenvalue weighted by atomic mass is 19.1. The van der Waals surface area contributed by atoms with Crippen molar-refractivity contribution in [2.24, 2.45) is 0 Å². The van der Waals surface area contributed by atoms with Crippen molar-refractivity contribution in [1.82, 2.24) is 24.8 Å². The van der Waals surface area contributed by atoms with Crippen molar-refractivity contribution in [1.29, 1.82) is 0 Å². The molecule has 0 aliphatic heterocycles. The highest BCUT2D eigenvalue weighted by Crippen LogP contribution is 2.30. The number of aromatic nitrogens is 4. The molecule has 2 N–H and O–H groups in total. The SMILES string of the molecule is O=c1oc2ccc(F)cc2c2[nH]c(CNC3CCC(n4c(=O)cnc5ncc(F)cc54)CC3)cc12. The van der Waals surface area contributed by atoms with Gasteiger partial charge in [-0.1, -0.05) is 0 Å². The van der Waals surface area contributed by atoms with Gasteiger partial charge in [0, 0.05) is 35.8 Å². The van der Waals surface area contributed by atoms with Gasteiger partial charge in [0.1, 0.15) is 17.2 Å². The zero-order valence-corrected chi connectivity index (χ0v) is 18.6. The number of hydrogen-bond acceptors (Lipinski definition) is 6. The van der Waals surface area contributed by atoms with Crippen LogP contribution in [0.5, 0.6) is 0 Å². The number of pyridine rings is 1. The van der Waals surface area contributed by atoms with Crippen molar-refractivity contribution in [2.75, 3.05) is 0 Å². The lowest BCUT2D eigenvalue weighted by Crippen LogP contribution is -2.36. The van der Waals surface area contributed by atoms with Gasteiger partial charge in [-0.3, -0.25) is 4.79 Å². The molecule has 4 aromatic heterocycles. The molecule has 1 aliphatic carbocycles. The number of nitrogens with one attached hydrogen (secondary N) is 2. The maximum absolute atomic E-state index is 13.8. The van der Waals surface area contributed by atoms with E-state index in [1.165, 1.54) is 30.5 Å². The van der Waals surface area contributed by atoms with Gasteiger partial charge in [0.05, 0.1) is 28.8 Å². The fourth-order valence-corrected chi connectivity index (χ4v) is 5.08. The Labute approximate surface area is 196 Å². The predicted octanol–water partition coefficient (Wildman–Crippen LogP) is 3.93. The third-order valence-electron chi connectivity index (χ3n) is 6.76. The van der Waals surface area contributed by atoms with E-state index in [1.54, 1.807) is 10.6 Å². The number of hydrogen-bond donors (Lipinski definition) is 2. The van der Waals surface area contributed by atoms with Crippen molar-refractivity contribution in [3.8, 4) is 0 Å². The minimum atomic E-state index is -0.503. The van der Waals surface area contributed by atoms with E-state index in [2.05, 4.69) is 20.3 Å². The molecule has 1 aliphatic rings. The third kappa shape index (κ3) is 3.89. The number of benzene rings is 1. The van der Waals surface area contributed by atoms with Crippen LogP contribution in [0.15, 0.2) is 56.7 Å². The lowest BCUT2D eigenvalue weighted by molar-refractivity contribution is 0.290. The molecule has 0 radical (unpaired) electrons. The average molecular weight is 477 g/mol. The van der Waals surface area contributed by atoms with Crippen LogP contribution in [0.4, 0.5) is 8.78 Å². The van der Waals surface area contributed by atoms with Gasteiger partial charge in [0.25, 0.3) is 5.56 Å². The van der Waals surface area contributed by atoms with Crippen molar-refractivity contribution in [3.05, 3.63) is 80.8 Å². The van der Waals surface area contributed by atoms with E-state index < -0.39 is 17.3 Å². The van der Waals surface area contributed by atoms with Gasteiger partial charge in [0.15, 0.2) is 5.65 Å². The summed E-state index contributed by atoms with van der Waals surface area (Å²) in [5.74, 6) is -0.907. The van der Waals surface area contributed by atoms with E-state index in [0.29, 0.717) is 39.6 Å². The van der Waals surface area contributed by atoms with Crippen LogP contribution in [0.1, 0.15) is 37.4 Å². The smallest absolute Gasteiger partial charge is 0.345 e. The maximum atomic E-state index is 13.8. The van der Waals surface area contributed by atoms with Crippen LogP contribution in [-0.2, 0) is 6.54 Å². The van der Waals surface area contributed by atoms with Gasteiger partial charge in [-0.05, 0) is 49.9 Å². The number of H-pyrrole nitrogens is 1. The van der Waals surface area contributed by atoms with Gasteiger partial charge in [0.2, 0.25) is 0 Å². The van der Waals surface area contributed by atoms with Crippen molar-refractivity contribution >= 4 is 33.0 Å². The first-order valence-electron chi connectivity index (χ1n) is 11.5. The number of fused-ring (bicyclic) bond motifs is 4. The third-order valence-corrected chi connectivity index (χ3v) is 6.76. The normalized spacial score (nSPS) is 18.6. The summed E-state index contributed by atoms with van der Waals surface area (Å²) in [4.78, 5) is 36.1. The Bertz CT molecular complexity index is 1700. The van der Waals surface area contributed by atoms with Crippen LogP contribution in [0.3, 0.4) is 0 Å². The first-order valence-corrected chi connectivity index (χ1v) is 11.5. The molecule has 8 nitrogen and oxygen atoms in total. The number of nitrogens with zero attached hydrogens (tertiary/aromatic N) is 3. The van der Waals surface area contributed by atoms with Crippen molar-refractivity contribution < 1.29 is 13.2 Å². The van der Waals surface area contributed by atoms with Gasteiger partial charge >= 0.3 is 5.63 Å². The van der Waals surface area contributed by atoms with E-state index in [0.717, 1.165) is 37.6 Å². The molecule has 35 heavy (non-hydrogen) atoms. The van der Waals surface area contributed by atoms with E-state index in [4.69, 9.17) is 4.42 Å². The van der Waals surface area contributed by atoms with Gasteiger partial charge in [-0.25, -0.2) is 23.5 Å². The monoisotopic (exact) mass is 477 g/mol. The molecule has 6 rings (SSSR count). The summed E-state index contributed by atoms with van der Waals surface area (Å²) in [7, 11) is 0. The molecule has 4 heterocycles. The van der Waals surface area contributed by atoms with Crippen LogP contribution in [0, 0.1) is 11.6 Å². The largest absolute Gasteiger partial charge is 0.422 e. The zero-order valence-electron chi connectivity index (χ0n) is 18.6. The van der Waals surface area contributed by atoms with E-state index >= 15 is 0 Å². The minimum absolute atomic E-state index is 0.0615. The molecular weight excluding hydrogens is 456 g/mol. The van der Waals surface area contributed by atoms with Gasteiger partial charge in [-0.2, -0.15) is 0 Å². The molecule has 1 fully saturated rings. The quantitative estimate of drug-likeness (QED) is 0.380. The summed E-state index contributed by atoms with van der Waals surface area (Å²) in [6.45, 7) is 0.494. The Morgan fingerprint density at radius 2 is 1.80 bits per heavy atom. The van der Waals surface area contributed by atoms with Crippen LogP contribution in [0.25, 0.3) is 33.0 Å². The number of rotatable bonds is 4. The molecule has 178 valence electrons. The Balaban J connectivity index is 1.18. The van der Waals surface area contributed by atoms with Crippen LogP contribution in [0.2, 0.25) is 0 Å². The molecule has 0 saturated heterocycles. The van der Waals surface area contributed by atoms with Crippen molar-refractivity contribution in [3.63, 3.8) is 0 Å². The van der Waals surface area contributed by atoms with E-state index in [-0.39, 0.29) is 17.6 Å². The predicted molar refractivity (Wildman–Crippen MR) is 126 cm³/mol. The van der Waals surface area contributed by atoms with E-state index in [9.17, 15) is 18.4 Å². The summed E-state index contributed by atoms with van der Waals surface area (Å²) >= 11 is 0. The Morgan fingerprint density at radius 1 is 1.00 bits per heavy atom. The Morgan fingerprint density at radius 3 is 2.63 bits per heavy atom. The van der Waals surface area contributed by atoms with Crippen LogP contribution >= 0.6 is 0 Å². The molecular formula is C25H21F2N5O3. The molecule has 0 atom stereocenters. The molecule has 5 aromatic rings. The van der Waals surface area contributed by atoms with Crippen LogP contribution in [-0.4, -0.2) is 25.6 Å². The van der Waals surface area contributed by atoms with Crippen molar-refractivity contribution in [2.45, 2.75) is 44.3 Å². The fourth-order valence-electron chi connectivity index (χ4n) is 5.08. The molecule has 0 unspecified atom stereocenters. The topological polar surface area (TPSA) is 106 Å². The highest BCUT2D eigenvalue weighted by Gasteiger charge is 2.25. The molecule has 0 bridgehead atoms. The number of halogens is 2. The molecule has 1 saturated carbocycles. The summed E-state index contributed by atoms with van der Waals surface area (Å²) in [6.07, 6.45) is 5.46. The molecule has 10 heteroatoms. The second-order valence-corrected chi connectivity index (χ2v) is 8.96. The summed E-state index contributed by atoms with van der Waals surface area (Å²) < 4.78 is 34.5. The highest BCUT2D eigenvalue weighted by molar-refractivity contribution is 6.02. The average Bonchev–Trinajstić information content (AvgIpc) is 3.29. The standard InChI is InChI=1S/C25H21F2N5O3/c26-13-1-6-21-18(7-13)23-19(25(34)35-21)9-16(31-23)11-28-15-2-4-17(5-3-15)32-20-8-14(27)10-29-24(20)30-12-22(32)33/h1,6-10,12,15,17,28,31H,2-5,11H2. The van der Waals surface area contributed by atoms with E-state index in [1.807, 2.05) is 0 Å². The zero-order chi connectivity index (χ0) is 24.1. The second kappa shape index (κ2) is 8.38. The summed E-state index contributed by atoms with van der Waals surface area (Å²) in [5.41, 5.74) is 1.71. The Hall–Kier alpha value is -3.92.